The number of hydrogen-bond donors (Lipinski definition) is 3. The number of hydrazine groups is 1. The summed E-state index contributed by atoms with van der Waals surface area (Å²) in [5.41, 5.74) is 2.43. The van der Waals surface area contributed by atoms with Crippen LogP contribution in [0.5, 0.6) is 0 Å². The van der Waals surface area contributed by atoms with Crippen LogP contribution in [0.15, 0.2) is 29.8 Å². The predicted molar refractivity (Wildman–Crippen MR) is 70.9 cm³/mol. The van der Waals surface area contributed by atoms with E-state index in [1.54, 1.807) is 17.5 Å². The average molecular weight is 249 g/mol. The van der Waals surface area contributed by atoms with Crippen LogP contribution in [-0.4, -0.2) is 16.0 Å². The van der Waals surface area contributed by atoms with Crippen molar-refractivity contribution in [1.29, 1.82) is 0 Å². The third kappa shape index (κ3) is 3.40. The topological polar surface area (TPSA) is 75.9 Å². The molecule has 0 amide bonds. The summed E-state index contributed by atoms with van der Waals surface area (Å²) in [5, 5.41) is 5.40. The minimum absolute atomic E-state index is 0.314. The van der Waals surface area contributed by atoms with E-state index in [4.69, 9.17) is 5.84 Å². The molecule has 2 aromatic heterocycles. The molecule has 4 N–H and O–H groups in total. The number of aromatic nitrogens is 2. The van der Waals surface area contributed by atoms with Gasteiger partial charge in [-0.15, -0.1) is 11.3 Å². The second kappa shape index (κ2) is 5.60. The summed E-state index contributed by atoms with van der Waals surface area (Å²) in [6.07, 6.45) is 2.65. The molecule has 6 heteroatoms. The molecule has 2 aromatic rings. The highest BCUT2D eigenvalue weighted by Gasteiger charge is 2.05. The summed E-state index contributed by atoms with van der Waals surface area (Å²) in [6.45, 7) is 2.12. The fourth-order valence-corrected chi connectivity index (χ4v) is 2.38. The van der Waals surface area contributed by atoms with Gasteiger partial charge in [0.2, 0.25) is 5.95 Å². The Balaban J connectivity index is 1.95. The summed E-state index contributed by atoms with van der Waals surface area (Å²) in [4.78, 5) is 9.52. The molecule has 0 aromatic carbocycles. The molecule has 1 unspecified atom stereocenters. The number of nitrogens with two attached hydrogens (primary N) is 1. The Morgan fingerprint density at radius 3 is 3.06 bits per heavy atom. The van der Waals surface area contributed by atoms with Gasteiger partial charge in [0, 0.05) is 23.5 Å². The SMILES string of the molecule is CC(Cc1cccs1)Nc1ccnc(NN)n1. The van der Waals surface area contributed by atoms with Crippen LogP contribution in [-0.2, 0) is 6.42 Å². The average Bonchev–Trinajstić information content (AvgIpc) is 2.82. The smallest absolute Gasteiger partial charge is 0.239 e. The van der Waals surface area contributed by atoms with Crippen LogP contribution in [0.3, 0.4) is 0 Å². The number of nitrogen functional groups attached to an aromatic ring is 1. The maximum atomic E-state index is 5.26. The fraction of sp³-hybridized carbons (Fsp3) is 0.273. The molecule has 0 aliphatic rings. The lowest BCUT2D eigenvalue weighted by atomic mass is 10.2. The van der Waals surface area contributed by atoms with Crippen LogP contribution in [0.4, 0.5) is 11.8 Å². The van der Waals surface area contributed by atoms with E-state index < -0.39 is 0 Å². The maximum absolute atomic E-state index is 5.26. The Hall–Kier alpha value is -1.66. The number of anilines is 2. The number of rotatable bonds is 5. The molecule has 0 saturated heterocycles. The molecule has 2 rings (SSSR count). The van der Waals surface area contributed by atoms with Gasteiger partial charge in [0.1, 0.15) is 5.82 Å². The first-order valence-corrected chi connectivity index (χ1v) is 6.24. The molecule has 0 aliphatic heterocycles. The molecular formula is C11H15N5S. The van der Waals surface area contributed by atoms with Crippen LogP contribution < -0.4 is 16.6 Å². The van der Waals surface area contributed by atoms with Gasteiger partial charge in [-0.25, -0.2) is 10.8 Å². The van der Waals surface area contributed by atoms with E-state index in [9.17, 15) is 0 Å². The van der Waals surface area contributed by atoms with Crippen molar-refractivity contribution >= 4 is 23.1 Å². The Bertz CT molecular complexity index is 457. The van der Waals surface area contributed by atoms with Gasteiger partial charge in [-0.05, 0) is 24.4 Å². The largest absolute Gasteiger partial charge is 0.367 e. The van der Waals surface area contributed by atoms with Gasteiger partial charge in [0.25, 0.3) is 0 Å². The Labute approximate surface area is 104 Å². The minimum atomic E-state index is 0.314. The summed E-state index contributed by atoms with van der Waals surface area (Å²) in [7, 11) is 0. The van der Waals surface area contributed by atoms with Crippen LogP contribution in [0, 0.1) is 0 Å². The zero-order valence-electron chi connectivity index (χ0n) is 9.55. The number of hydrogen-bond acceptors (Lipinski definition) is 6. The summed E-state index contributed by atoms with van der Waals surface area (Å²) in [5.74, 6) is 6.45. The first-order valence-electron chi connectivity index (χ1n) is 5.36. The number of thiophene rings is 1. The highest BCUT2D eigenvalue weighted by Crippen LogP contribution is 2.13. The highest BCUT2D eigenvalue weighted by molar-refractivity contribution is 7.09. The van der Waals surface area contributed by atoms with E-state index in [0.29, 0.717) is 12.0 Å². The van der Waals surface area contributed by atoms with Gasteiger partial charge < -0.3 is 5.32 Å². The van der Waals surface area contributed by atoms with Gasteiger partial charge >= 0.3 is 0 Å². The summed E-state index contributed by atoms with van der Waals surface area (Å²) >= 11 is 1.76. The lowest BCUT2D eigenvalue weighted by molar-refractivity contribution is 0.793. The quantitative estimate of drug-likeness (QED) is 0.557. The number of nitrogens with one attached hydrogen (secondary N) is 2. The van der Waals surface area contributed by atoms with Crippen molar-refractivity contribution in [2.45, 2.75) is 19.4 Å². The van der Waals surface area contributed by atoms with Crippen molar-refractivity contribution in [2.24, 2.45) is 5.84 Å². The second-order valence-electron chi connectivity index (χ2n) is 3.74. The first kappa shape index (κ1) is 11.8. The van der Waals surface area contributed by atoms with Gasteiger partial charge in [-0.3, -0.25) is 5.43 Å². The molecule has 0 radical (unpaired) electrons. The van der Waals surface area contributed by atoms with Crippen molar-refractivity contribution < 1.29 is 0 Å². The molecule has 0 aliphatic carbocycles. The van der Waals surface area contributed by atoms with Crippen LogP contribution in [0.25, 0.3) is 0 Å². The zero-order chi connectivity index (χ0) is 12.1. The second-order valence-corrected chi connectivity index (χ2v) is 4.77. The third-order valence-electron chi connectivity index (χ3n) is 2.27. The van der Waals surface area contributed by atoms with Gasteiger partial charge in [-0.1, -0.05) is 6.07 Å². The Morgan fingerprint density at radius 1 is 1.47 bits per heavy atom. The zero-order valence-corrected chi connectivity index (χ0v) is 10.4. The highest BCUT2D eigenvalue weighted by atomic mass is 32.1. The van der Waals surface area contributed by atoms with Crippen LogP contribution >= 0.6 is 11.3 Å². The molecular weight excluding hydrogens is 234 g/mol. The molecule has 5 nitrogen and oxygen atoms in total. The summed E-state index contributed by atoms with van der Waals surface area (Å²) < 4.78 is 0. The minimum Gasteiger partial charge on any atom is -0.367 e. The molecule has 90 valence electrons. The molecule has 0 fully saturated rings. The van der Waals surface area contributed by atoms with E-state index >= 15 is 0 Å². The molecule has 0 saturated carbocycles. The van der Waals surface area contributed by atoms with Crippen molar-refractivity contribution in [3.05, 3.63) is 34.7 Å². The van der Waals surface area contributed by atoms with E-state index in [2.05, 4.69) is 45.1 Å². The van der Waals surface area contributed by atoms with Crippen LogP contribution in [0.1, 0.15) is 11.8 Å². The third-order valence-corrected chi connectivity index (χ3v) is 3.17. The van der Waals surface area contributed by atoms with Crippen molar-refractivity contribution in [2.75, 3.05) is 10.7 Å². The molecule has 17 heavy (non-hydrogen) atoms. The lowest BCUT2D eigenvalue weighted by Gasteiger charge is -2.13. The summed E-state index contributed by atoms with van der Waals surface area (Å²) in [6, 6.07) is 6.34. The Kier molecular flexibility index (Phi) is 3.89. The molecule has 1 atom stereocenters. The van der Waals surface area contributed by atoms with E-state index in [1.807, 2.05) is 6.07 Å². The molecule has 2 heterocycles. The maximum Gasteiger partial charge on any atom is 0.239 e. The standard InChI is InChI=1S/C11H15N5S/c1-8(7-9-3-2-6-17-9)14-10-4-5-13-11(15-10)16-12/h2-6,8H,7,12H2,1H3,(H2,13,14,15,16). The van der Waals surface area contributed by atoms with Gasteiger partial charge in [-0.2, -0.15) is 4.98 Å². The van der Waals surface area contributed by atoms with Crippen molar-refractivity contribution in [3.63, 3.8) is 0 Å². The number of nitrogens with zero attached hydrogens (tertiary/aromatic N) is 2. The normalized spacial score (nSPS) is 12.1. The molecule has 0 bridgehead atoms. The van der Waals surface area contributed by atoms with Crippen molar-refractivity contribution in [3.8, 4) is 0 Å². The van der Waals surface area contributed by atoms with E-state index in [0.717, 1.165) is 12.2 Å². The first-order chi connectivity index (χ1) is 8.28. The Morgan fingerprint density at radius 2 is 2.35 bits per heavy atom. The predicted octanol–water partition coefficient (Wildman–Crippen LogP) is 1.87. The van der Waals surface area contributed by atoms with Gasteiger partial charge in [0.05, 0.1) is 0 Å². The van der Waals surface area contributed by atoms with E-state index in [1.165, 1.54) is 4.88 Å². The fourth-order valence-electron chi connectivity index (χ4n) is 1.54. The lowest BCUT2D eigenvalue weighted by Crippen LogP contribution is -2.19. The van der Waals surface area contributed by atoms with Crippen molar-refractivity contribution in [1.82, 2.24) is 9.97 Å². The van der Waals surface area contributed by atoms with Gasteiger partial charge in [0.15, 0.2) is 0 Å². The monoisotopic (exact) mass is 249 g/mol. The van der Waals surface area contributed by atoms with Crippen LogP contribution in [0.2, 0.25) is 0 Å². The van der Waals surface area contributed by atoms with E-state index in [-0.39, 0.29) is 0 Å². The molecule has 0 spiro atoms.